The van der Waals surface area contributed by atoms with Crippen LogP contribution in [-0.2, 0) is 35.5 Å². The summed E-state index contributed by atoms with van der Waals surface area (Å²) in [6.07, 6.45) is -1.09. The standard InChI is InChI=1S/C20H25N3O7S/c1-13-18(14(2)30-22-13)12-19(24)29-15(3)20(25)21-16-4-6-17(7-5-16)31(26,27)23-8-10-28-11-9-23/h4-7,15H,8-12H2,1-3H3,(H,21,25)/t15-/m1/s1. The lowest BCUT2D eigenvalue weighted by atomic mass is 10.1. The van der Waals surface area contributed by atoms with Crippen LogP contribution in [0.25, 0.3) is 0 Å². The zero-order valence-electron chi connectivity index (χ0n) is 17.6. The Morgan fingerprint density at radius 3 is 2.42 bits per heavy atom. The third kappa shape index (κ3) is 5.49. The summed E-state index contributed by atoms with van der Waals surface area (Å²) in [7, 11) is -3.61. The summed E-state index contributed by atoms with van der Waals surface area (Å²) in [4.78, 5) is 24.6. The van der Waals surface area contributed by atoms with Crippen molar-refractivity contribution in [2.24, 2.45) is 0 Å². The van der Waals surface area contributed by atoms with Gasteiger partial charge in [0.2, 0.25) is 10.0 Å². The molecule has 1 aromatic heterocycles. The van der Waals surface area contributed by atoms with Gasteiger partial charge in [-0.1, -0.05) is 5.16 Å². The van der Waals surface area contributed by atoms with Crippen LogP contribution in [0, 0.1) is 13.8 Å². The van der Waals surface area contributed by atoms with Crippen LogP contribution in [0.4, 0.5) is 5.69 Å². The van der Waals surface area contributed by atoms with Crippen molar-refractivity contribution in [3.05, 3.63) is 41.3 Å². The Bertz CT molecular complexity index is 1020. The van der Waals surface area contributed by atoms with E-state index in [0.29, 0.717) is 49.0 Å². The molecule has 1 saturated heterocycles. The molecule has 1 aliphatic heterocycles. The SMILES string of the molecule is Cc1noc(C)c1CC(=O)O[C@H](C)C(=O)Nc1ccc(S(=O)(=O)N2CCOCC2)cc1. The van der Waals surface area contributed by atoms with Crippen LogP contribution in [-0.4, -0.2) is 62.2 Å². The van der Waals surface area contributed by atoms with Gasteiger partial charge in [-0.15, -0.1) is 0 Å². The molecule has 0 aliphatic carbocycles. The van der Waals surface area contributed by atoms with Crippen molar-refractivity contribution in [3.8, 4) is 0 Å². The van der Waals surface area contributed by atoms with Gasteiger partial charge in [-0.05, 0) is 45.0 Å². The average Bonchev–Trinajstić information content (AvgIpc) is 3.06. The molecule has 31 heavy (non-hydrogen) atoms. The van der Waals surface area contributed by atoms with Crippen LogP contribution < -0.4 is 5.32 Å². The molecule has 0 unspecified atom stereocenters. The summed E-state index contributed by atoms with van der Waals surface area (Å²) >= 11 is 0. The molecule has 1 aromatic carbocycles. The lowest BCUT2D eigenvalue weighted by Gasteiger charge is -2.26. The highest BCUT2D eigenvalue weighted by molar-refractivity contribution is 7.89. The number of benzene rings is 1. The first-order valence-electron chi connectivity index (χ1n) is 9.78. The van der Waals surface area contributed by atoms with E-state index in [2.05, 4.69) is 10.5 Å². The fourth-order valence-corrected chi connectivity index (χ4v) is 4.49. The Morgan fingerprint density at radius 1 is 1.19 bits per heavy atom. The number of esters is 1. The molecule has 11 heteroatoms. The zero-order chi connectivity index (χ0) is 22.6. The summed E-state index contributed by atoms with van der Waals surface area (Å²) in [5.74, 6) is -0.585. The number of anilines is 1. The van der Waals surface area contributed by atoms with Gasteiger partial charge < -0.3 is 19.3 Å². The molecular weight excluding hydrogens is 426 g/mol. The zero-order valence-corrected chi connectivity index (χ0v) is 18.4. The number of nitrogens with one attached hydrogen (secondary N) is 1. The summed E-state index contributed by atoms with van der Waals surface area (Å²) in [6.45, 7) is 6.20. The Morgan fingerprint density at radius 2 is 1.84 bits per heavy atom. The Labute approximate surface area is 180 Å². The van der Waals surface area contributed by atoms with Gasteiger partial charge in [0.05, 0.1) is 30.2 Å². The van der Waals surface area contributed by atoms with Crippen LogP contribution >= 0.6 is 0 Å². The number of nitrogens with zero attached hydrogens (tertiary/aromatic N) is 2. The third-order valence-corrected chi connectivity index (χ3v) is 6.82. The minimum atomic E-state index is -3.61. The molecule has 0 saturated carbocycles. The molecule has 0 radical (unpaired) electrons. The highest BCUT2D eigenvalue weighted by Gasteiger charge is 2.26. The number of amides is 1. The molecule has 0 spiro atoms. The molecule has 1 N–H and O–H groups in total. The fourth-order valence-electron chi connectivity index (χ4n) is 3.08. The van der Waals surface area contributed by atoms with Gasteiger partial charge in [0.15, 0.2) is 6.10 Å². The molecule has 10 nitrogen and oxygen atoms in total. The largest absolute Gasteiger partial charge is 0.452 e. The van der Waals surface area contributed by atoms with Crippen LogP contribution in [0.2, 0.25) is 0 Å². The summed E-state index contributed by atoms with van der Waals surface area (Å²) < 4.78 is 42.0. The highest BCUT2D eigenvalue weighted by atomic mass is 32.2. The van der Waals surface area contributed by atoms with Crippen molar-refractivity contribution >= 4 is 27.6 Å². The number of aryl methyl sites for hydroxylation is 2. The van der Waals surface area contributed by atoms with Gasteiger partial charge >= 0.3 is 5.97 Å². The predicted molar refractivity (Wildman–Crippen MR) is 110 cm³/mol. The number of morpholine rings is 1. The Balaban J connectivity index is 1.56. The van der Waals surface area contributed by atoms with Gasteiger partial charge in [-0.2, -0.15) is 4.31 Å². The first-order chi connectivity index (χ1) is 14.7. The van der Waals surface area contributed by atoms with Crippen LogP contribution in [0.5, 0.6) is 0 Å². The topological polar surface area (TPSA) is 128 Å². The maximum Gasteiger partial charge on any atom is 0.311 e. The van der Waals surface area contributed by atoms with Gasteiger partial charge in [0.25, 0.3) is 5.91 Å². The molecule has 2 aromatic rings. The normalized spacial score (nSPS) is 16.0. The number of hydrogen-bond donors (Lipinski definition) is 1. The smallest absolute Gasteiger partial charge is 0.311 e. The number of carbonyl (C=O) groups excluding carboxylic acids is 2. The summed E-state index contributed by atoms with van der Waals surface area (Å²) in [5.41, 5.74) is 1.62. The van der Waals surface area contributed by atoms with E-state index >= 15 is 0 Å². The van der Waals surface area contributed by atoms with Crippen molar-refractivity contribution in [2.75, 3.05) is 31.6 Å². The van der Waals surface area contributed by atoms with Gasteiger partial charge in [-0.25, -0.2) is 8.42 Å². The molecule has 2 heterocycles. The maximum atomic E-state index is 12.6. The van der Waals surface area contributed by atoms with E-state index in [4.69, 9.17) is 14.0 Å². The molecule has 1 atom stereocenters. The van der Waals surface area contributed by atoms with E-state index in [-0.39, 0.29) is 11.3 Å². The molecule has 1 aliphatic rings. The lowest BCUT2D eigenvalue weighted by molar-refractivity contribution is -0.152. The quantitative estimate of drug-likeness (QED) is 0.626. The third-order valence-electron chi connectivity index (χ3n) is 4.91. The molecule has 168 valence electrons. The monoisotopic (exact) mass is 451 g/mol. The second kappa shape index (κ2) is 9.58. The van der Waals surface area contributed by atoms with E-state index in [1.807, 2.05) is 0 Å². The fraction of sp³-hybridized carbons (Fsp3) is 0.450. The van der Waals surface area contributed by atoms with Gasteiger partial charge in [-0.3, -0.25) is 9.59 Å². The number of carbonyl (C=O) groups is 2. The first-order valence-corrected chi connectivity index (χ1v) is 11.2. The van der Waals surface area contributed by atoms with Crippen molar-refractivity contribution in [3.63, 3.8) is 0 Å². The molecule has 1 amide bonds. The Hall–Kier alpha value is -2.76. The second-order valence-corrected chi connectivity index (χ2v) is 9.08. The van der Waals surface area contributed by atoms with E-state index < -0.39 is 28.0 Å². The number of rotatable bonds is 7. The van der Waals surface area contributed by atoms with E-state index in [1.165, 1.54) is 35.5 Å². The first kappa shape index (κ1) is 22.9. The minimum Gasteiger partial charge on any atom is -0.452 e. The number of hydrogen-bond acceptors (Lipinski definition) is 8. The van der Waals surface area contributed by atoms with Crippen molar-refractivity contribution in [2.45, 2.75) is 38.2 Å². The molecule has 1 fully saturated rings. The van der Waals surface area contributed by atoms with Crippen LogP contribution in [0.1, 0.15) is 23.9 Å². The van der Waals surface area contributed by atoms with Crippen molar-refractivity contribution < 1.29 is 32.0 Å². The lowest BCUT2D eigenvalue weighted by Crippen LogP contribution is -2.40. The van der Waals surface area contributed by atoms with Crippen molar-refractivity contribution in [1.82, 2.24) is 9.46 Å². The second-order valence-electron chi connectivity index (χ2n) is 7.14. The van der Waals surface area contributed by atoms with E-state index in [9.17, 15) is 18.0 Å². The van der Waals surface area contributed by atoms with E-state index in [1.54, 1.807) is 13.8 Å². The number of aromatic nitrogens is 1. The molecule has 0 bridgehead atoms. The van der Waals surface area contributed by atoms with Crippen molar-refractivity contribution in [1.29, 1.82) is 0 Å². The van der Waals surface area contributed by atoms with E-state index in [0.717, 1.165) is 0 Å². The predicted octanol–water partition coefficient (Wildman–Crippen LogP) is 1.43. The van der Waals surface area contributed by atoms with Gasteiger partial charge in [0, 0.05) is 24.3 Å². The summed E-state index contributed by atoms with van der Waals surface area (Å²) in [5, 5.41) is 6.39. The van der Waals surface area contributed by atoms with Crippen LogP contribution in [0.15, 0.2) is 33.7 Å². The molecule has 3 rings (SSSR count). The Kier molecular flexibility index (Phi) is 7.08. The maximum absolute atomic E-state index is 12.6. The molecular formula is C20H25N3O7S. The summed E-state index contributed by atoms with van der Waals surface area (Å²) in [6, 6.07) is 5.83. The number of sulfonamides is 1. The average molecular weight is 452 g/mol. The van der Waals surface area contributed by atoms with Gasteiger partial charge in [0.1, 0.15) is 5.76 Å². The minimum absolute atomic E-state index is 0.0487. The number of ether oxygens (including phenoxy) is 2. The van der Waals surface area contributed by atoms with Crippen LogP contribution in [0.3, 0.4) is 0 Å². The highest BCUT2D eigenvalue weighted by Crippen LogP contribution is 2.20.